The summed E-state index contributed by atoms with van der Waals surface area (Å²) in [5.41, 5.74) is 1.52. The standard InChI is InChI=1S/C17H18N4O3S2/c1-5-13-20-21-17(25-13)19-15(22)14-9(2)18-16(26-14)10-6-7-11(23-3)12(8-10)24-4/h6-8H,5H2,1-4H3,(H,19,21,22). The first-order valence-corrected chi connectivity index (χ1v) is 9.52. The number of anilines is 1. The number of methoxy groups -OCH3 is 2. The molecule has 0 bridgehead atoms. The van der Waals surface area contributed by atoms with Crippen LogP contribution in [0, 0.1) is 6.92 Å². The van der Waals surface area contributed by atoms with Gasteiger partial charge >= 0.3 is 0 Å². The molecule has 7 nitrogen and oxygen atoms in total. The normalized spacial score (nSPS) is 10.6. The summed E-state index contributed by atoms with van der Waals surface area (Å²) < 4.78 is 10.6. The highest BCUT2D eigenvalue weighted by Gasteiger charge is 2.18. The molecule has 26 heavy (non-hydrogen) atoms. The number of aryl methyl sites for hydroxylation is 2. The monoisotopic (exact) mass is 390 g/mol. The fourth-order valence-corrected chi connectivity index (χ4v) is 3.93. The number of hydrogen-bond acceptors (Lipinski definition) is 8. The Kier molecular flexibility index (Phi) is 5.48. The van der Waals surface area contributed by atoms with Gasteiger partial charge in [-0.25, -0.2) is 4.98 Å². The summed E-state index contributed by atoms with van der Waals surface area (Å²) in [7, 11) is 3.17. The van der Waals surface area contributed by atoms with Gasteiger partial charge in [0, 0.05) is 5.56 Å². The van der Waals surface area contributed by atoms with Crippen LogP contribution in [0.25, 0.3) is 10.6 Å². The quantitative estimate of drug-likeness (QED) is 0.689. The van der Waals surface area contributed by atoms with Crippen LogP contribution in [0.1, 0.15) is 27.3 Å². The molecule has 1 aromatic carbocycles. The van der Waals surface area contributed by atoms with E-state index >= 15 is 0 Å². The van der Waals surface area contributed by atoms with Gasteiger partial charge in [0.2, 0.25) is 5.13 Å². The van der Waals surface area contributed by atoms with E-state index in [1.807, 2.05) is 32.0 Å². The zero-order valence-electron chi connectivity index (χ0n) is 14.8. The van der Waals surface area contributed by atoms with Crippen molar-refractivity contribution in [1.82, 2.24) is 15.2 Å². The van der Waals surface area contributed by atoms with Crippen LogP contribution in [0.3, 0.4) is 0 Å². The molecule has 1 amide bonds. The van der Waals surface area contributed by atoms with Gasteiger partial charge < -0.3 is 9.47 Å². The number of ether oxygens (including phenoxy) is 2. The molecular formula is C17H18N4O3S2. The van der Waals surface area contributed by atoms with Gasteiger partial charge in [-0.05, 0) is 31.5 Å². The molecular weight excluding hydrogens is 372 g/mol. The molecule has 0 aliphatic carbocycles. The highest BCUT2D eigenvalue weighted by Crippen LogP contribution is 2.35. The molecule has 0 saturated carbocycles. The minimum Gasteiger partial charge on any atom is -0.493 e. The third kappa shape index (κ3) is 3.68. The molecule has 0 aliphatic rings. The van der Waals surface area contributed by atoms with Crippen LogP contribution < -0.4 is 14.8 Å². The lowest BCUT2D eigenvalue weighted by Gasteiger charge is -2.08. The number of rotatable bonds is 6. The van der Waals surface area contributed by atoms with Gasteiger partial charge in [-0.1, -0.05) is 18.3 Å². The molecule has 2 aromatic heterocycles. The number of nitrogens with one attached hydrogen (secondary N) is 1. The average Bonchev–Trinajstić information content (AvgIpc) is 3.27. The summed E-state index contributed by atoms with van der Waals surface area (Å²) in [6.45, 7) is 3.81. The molecule has 0 radical (unpaired) electrons. The third-order valence-electron chi connectivity index (χ3n) is 3.62. The largest absolute Gasteiger partial charge is 0.493 e. The third-order valence-corrected chi connectivity index (χ3v) is 5.81. The van der Waals surface area contributed by atoms with Crippen molar-refractivity contribution in [3.63, 3.8) is 0 Å². The van der Waals surface area contributed by atoms with E-state index in [0.29, 0.717) is 27.2 Å². The smallest absolute Gasteiger partial charge is 0.269 e. The van der Waals surface area contributed by atoms with E-state index in [2.05, 4.69) is 20.5 Å². The predicted molar refractivity (Wildman–Crippen MR) is 103 cm³/mol. The molecule has 0 aliphatic heterocycles. The Bertz CT molecular complexity index is 936. The van der Waals surface area contributed by atoms with Gasteiger partial charge in [-0.3, -0.25) is 10.1 Å². The molecule has 0 unspecified atom stereocenters. The van der Waals surface area contributed by atoms with Crippen molar-refractivity contribution in [2.45, 2.75) is 20.3 Å². The molecule has 9 heteroatoms. The first-order chi connectivity index (χ1) is 12.5. The molecule has 0 spiro atoms. The second-order valence-corrected chi connectivity index (χ2v) is 7.37. The van der Waals surface area contributed by atoms with E-state index in [-0.39, 0.29) is 5.91 Å². The van der Waals surface area contributed by atoms with Gasteiger partial charge in [0.15, 0.2) is 11.5 Å². The maximum atomic E-state index is 12.6. The van der Waals surface area contributed by atoms with Crippen LogP contribution in [0.2, 0.25) is 0 Å². The van der Waals surface area contributed by atoms with Gasteiger partial charge in [0.05, 0.1) is 19.9 Å². The predicted octanol–water partition coefficient (Wildman–Crippen LogP) is 3.80. The summed E-state index contributed by atoms with van der Waals surface area (Å²) in [4.78, 5) is 17.6. The SMILES string of the molecule is CCc1nnc(NC(=O)c2sc(-c3ccc(OC)c(OC)c3)nc2C)s1. The molecule has 0 saturated heterocycles. The summed E-state index contributed by atoms with van der Waals surface area (Å²) in [6.07, 6.45) is 0.788. The van der Waals surface area contributed by atoms with Crippen LogP contribution in [-0.4, -0.2) is 35.3 Å². The highest BCUT2D eigenvalue weighted by atomic mass is 32.1. The number of thiazole rings is 1. The number of nitrogens with zero attached hydrogens (tertiary/aromatic N) is 3. The van der Waals surface area contributed by atoms with Crippen LogP contribution in [-0.2, 0) is 6.42 Å². The Balaban J connectivity index is 1.85. The van der Waals surface area contributed by atoms with Crippen molar-refractivity contribution in [2.24, 2.45) is 0 Å². The lowest BCUT2D eigenvalue weighted by atomic mass is 10.2. The van der Waals surface area contributed by atoms with Crippen molar-refractivity contribution in [3.8, 4) is 22.1 Å². The first kappa shape index (κ1) is 18.3. The number of benzene rings is 1. The van der Waals surface area contributed by atoms with E-state index in [4.69, 9.17) is 9.47 Å². The zero-order chi connectivity index (χ0) is 18.7. The topological polar surface area (TPSA) is 86.2 Å². The van der Waals surface area contributed by atoms with Gasteiger partial charge in [0.1, 0.15) is 14.9 Å². The molecule has 3 aromatic rings. The van der Waals surface area contributed by atoms with E-state index in [1.54, 1.807) is 14.2 Å². The Morgan fingerprint density at radius 2 is 1.92 bits per heavy atom. The van der Waals surface area contributed by atoms with Crippen LogP contribution in [0.4, 0.5) is 5.13 Å². The van der Waals surface area contributed by atoms with Gasteiger partial charge in [-0.2, -0.15) is 0 Å². The van der Waals surface area contributed by atoms with Crippen LogP contribution in [0.15, 0.2) is 18.2 Å². The second-order valence-electron chi connectivity index (χ2n) is 5.31. The van der Waals surface area contributed by atoms with E-state index in [9.17, 15) is 4.79 Å². The van der Waals surface area contributed by atoms with E-state index in [1.165, 1.54) is 22.7 Å². The number of hydrogen-bond donors (Lipinski definition) is 1. The highest BCUT2D eigenvalue weighted by molar-refractivity contribution is 7.17. The maximum absolute atomic E-state index is 12.6. The minimum atomic E-state index is -0.231. The van der Waals surface area contributed by atoms with Crippen molar-refractivity contribution in [1.29, 1.82) is 0 Å². The van der Waals surface area contributed by atoms with E-state index < -0.39 is 0 Å². The van der Waals surface area contributed by atoms with Crippen molar-refractivity contribution >= 4 is 33.7 Å². The first-order valence-electron chi connectivity index (χ1n) is 7.89. The summed E-state index contributed by atoms with van der Waals surface area (Å²) >= 11 is 2.70. The van der Waals surface area contributed by atoms with Crippen molar-refractivity contribution < 1.29 is 14.3 Å². The lowest BCUT2D eigenvalue weighted by Crippen LogP contribution is -2.11. The zero-order valence-corrected chi connectivity index (χ0v) is 16.5. The minimum absolute atomic E-state index is 0.231. The summed E-state index contributed by atoms with van der Waals surface area (Å²) in [6, 6.07) is 5.55. The molecule has 2 heterocycles. The Labute approximate surface area is 159 Å². The molecule has 3 rings (SSSR count). The number of carbonyl (C=O) groups is 1. The van der Waals surface area contributed by atoms with Crippen molar-refractivity contribution in [3.05, 3.63) is 33.8 Å². The van der Waals surface area contributed by atoms with Gasteiger partial charge in [0.25, 0.3) is 5.91 Å². The Morgan fingerprint density at radius 1 is 1.15 bits per heavy atom. The maximum Gasteiger partial charge on any atom is 0.269 e. The van der Waals surface area contributed by atoms with E-state index in [0.717, 1.165) is 22.0 Å². The molecule has 136 valence electrons. The molecule has 0 fully saturated rings. The number of aromatic nitrogens is 3. The lowest BCUT2D eigenvalue weighted by molar-refractivity contribution is 0.102. The molecule has 0 atom stereocenters. The summed E-state index contributed by atoms with van der Waals surface area (Å²) in [5.74, 6) is 1.03. The van der Waals surface area contributed by atoms with Crippen molar-refractivity contribution in [2.75, 3.05) is 19.5 Å². The number of amides is 1. The Morgan fingerprint density at radius 3 is 2.58 bits per heavy atom. The average molecular weight is 390 g/mol. The van der Waals surface area contributed by atoms with Crippen LogP contribution in [0.5, 0.6) is 11.5 Å². The van der Waals surface area contributed by atoms with Gasteiger partial charge in [-0.15, -0.1) is 21.5 Å². The Hall–Kier alpha value is -2.52. The fraction of sp³-hybridized carbons (Fsp3) is 0.294. The fourth-order valence-electron chi connectivity index (χ4n) is 2.30. The van der Waals surface area contributed by atoms with Crippen LogP contribution >= 0.6 is 22.7 Å². The second kappa shape index (κ2) is 7.79. The summed E-state index contributed by atoms with van der Waals surface area (Å²) in [5, 5.41) is 12.9. The molecule has 1 N–H and O–H groups in total. The number of carbonyl (C=O) groups excluding carboxylic acids is 1.